The van der Waals surface area contributed by atoms with Gasteiger partial charge in [0, 0.05) is 30.5 Å². The molecule has 4 N–H and O–H groups in total. The van der Waals surface area contributed by atoms with E-state index in [0.717, 1.165) is 42.4 Å². The zero-order valence-corrected chi connectivity index (χ0v) is 14.0. The Kier molecular flexibility index (Phi) is 4.85. The van der Waals surface area contributed by atoms with Crippen molar-refractivity contribution in [3.63, 3.8) is 0 Å². The Bertz CT molecular complexity index is 753. The predicted octanol–water partition coefficient (Wildman–Crippen LogP) is 1.40. The van der Waals surface area contributed by atoms with Crippen LogP contribution in [-0.4, -0.2) is 47.9 Å². The van der Waals surface area contributed by atoms with E-state index in [-0.39, 0.29) is 17.7 Å². The summed E-state index contributed by atoms with van der Waals surface area (Å²) >= 11 is 0. The molecule has 24 heavy (non-hydrogen) atoms. The SMILES string of the molecule is Cc1c(C(=O)NCCN2CCC[C@H](C(N)=O)C2)[nH]c2ccccc12. The number of hydrogen-bond donors (Lipinski definition) is 3. The molecule has 2 heterocycles. The summed E-state index contributed by atoms with van der Waals surface area (Å²) < 4.78 is 0. The van der Waals surface area contributed by atoms with E-state index < -0.39 is 0 Å². The number of amides is 2. The van der Waals surface area contributed by atoms with Gasteiger partial charge >= 0.3 is 0 Å². The van der Waals surface area contributed by atoms with Crippen LogP contribution in [0.15, 0.2) is 24.3 Å². The molecule has 1 aromatic carbocycles. The monoisotopic (exact) mass is 328 g/mol. The molecule has 1 aromatic heterocycles. The van der Waals surface area contributed by atoms with Crippen LogP contribution in [0.1, 0.15) is 28.9 Å². The van der Waals surface area contributed by atoms with Crippen LogP contribution in [0.4, 0.5) is 0 Å². The number of hydrogen-bond acceptors (Lipinski definition) is 3. The zero-order chi connectivity index (χ0) is 17.1. The third kappa shape index (κ3) is 3.43. The molecular formula is C18H24N4O2. The van der Waals surface area contributed by atoms with Crippen LogP contribution in [0.25, 0.3) is 10.9 Å². The molecule has 0 bridgehead atoms. The molecule has 0 spiro atoms. The van der Waals surface area contributed by atoms with Crippen LogP contribution in [0, 0.1) is 12.8 Å². The first-order valence-corrected chi connectivity index (χ1v) is 8.43. The number of para-hydroxylation sites is 1. The van der Waals surface area contributed by atoms with Gasteiger partial charge in [-0.3, -0.25) is 9.59 Å². The second-order valence-corrected chi connectivity index (χ2v) is 6.47. The van der Waals surface area contributed by atoms with Crippen molar-refractivity contribution >= 4 is 22.7 Å². The summed E-state index contributed by atoms with van der Waals surface area (Å²) in [6.45, 7) is 4.88. The van der Waals surface area contributed by atoms with Crippen molar-refractivity contribution in [2.24, 2.45) is 11.7 Å². The van der Waals surface area contributed by atoms with Crippen LogP contribution in [0.5, 0.6) is 0 Å². The summed E-state index contributed by atoms with van der Waals surface area (Å²) in [5.41, 5.74) is 7.95. The van der Waals surface area contributed by atoms with Crippen LogP contribution in [0.3, 0.4) is 0 Å². The van der Waals surface area contributed by atoms with Gasteiger partial charge in [0.2, 0.25) is 5.91 Å². The number of benzene rings is 1. The third-order valence-electron chi connectivity index (χ3n) is 4.81. The fraction of sp³-hybridized carbons (Fsp3) is 0.444. The number of piperidine rings is 1. The van der Waals surface area contributed by atoms with Crippen LogP contribution >= 0.6 is 0 Å². The highest BCUT2D eigenvalue weighted by molar-refractivity contribution is 6.00. The van der Waals surface area contributed by atoms with Crippen molar-refractivity contribution in [3.05, 3.63) is 35.5 Å². The number of fused-ring (bicyclic) bond motifs is 1. The minimum atomic E-state index is -0.225. The van der Waals surface area contributed by atoms with Gasteiger partial charge in [-0.1, -0.05) is 18.2 Å². The Labute approximate surface area is 141 Å². The number of carbonyl (C=O) groups excluding carboxylic acids is 2. The Morgan fingerprint density at radius 2 is 2.17 bits per heavy atom. The first kappa shape index (κ1) is 16.5. The third-order valence-corrected chi connectivity index (χ3v) is 4.81. The van der Waals surface area contributed by atoms with Gasteiger partial charge in [-0.05, 0) is 37.9 Å². The molecule has 1 aliphatic heterocycles. The Balaban J connectivity index is 1.55. The van der Waals surface area contributed by atoms with Crippen molar-refractivity contribution < 1.29 is 9.59 Å². The van der Waals surface area contributed by atoms with Crippen LogP contribution in [-0.2, 0) is 4.79 Å². The molecule has 0 aliphatic carbocycles. The van der Waals surface area contributed by atoms with Gasteiger partial charge in [-0.2, -0.15) is 0 Å². The zero-order valence-electron chi connectivity index (χ0n) is 14.0. The first-order chi connectivity index (χ1) is 11.6. The van der Waals surface area contributed by atoms with E-state index in [9.17, 15) is 9.59 Å². The van der Waals surface area contributed by atoms with E-state index >= 15 is 0 Å². The predicted molar refractivity (Wildman–Crippen MR) is 93.7 cm³/mol. The van der Waals surface area contributed by atoms with E-state index in [0.29, 0.717) is 18.8 Å². The lowest BCUT2D eigenvalue weighted by Crippen LogP contribution is -2.44. The summed E-state index contributed by atoms with van der Waals surface area (Å²) in [5, 5.41) is 4.04. The van der Waals surface area contributed by atoms with E-state index in [1.165, 1.54) is 0 Å². The topological polar surface area (TPSA) is 91.2 Å². The molecule has 1 saturated heterocycles. The molecule has 1 atom stereocenters. The maximum atomic E-state index is 12.4. The van der Waals surface area contributed by atoms with Crippen molar-refractivity contribution in [3.8, 4) is 0 Å². The number of nitrogens with zero attached hydrogens (tertiary/aromatic N) is 1. The average molecular weight is 328 g/mol. The van der Waals surface area contributed by atoms with Crippen molar-refractivity contribution in [1.82, 2.24) is 15.2 Å². The van der Waals surface area contributed by atoms with Gasteiger partial charge < -0.3 is 20.9 Å². The number of H-pyrrole nitrogens is 1. The van der Waals surface area contributed by atoms with E-state index in [4.69, 9.17) is 5.73 Å². The molecule has 2 amide bonds. The second kappa shape index (κ2) is 7.05. The average Bonchev–Trinajstić information content (AvgIpc) is 2.92. The minimum Gasteiger partial charge on any atom is -0.369 e. The lowest BCUT2D eigenvalue weighted by atomic mass is 9.97. The van der Waals surface area contributed by atoms with Crippen LogP contribution < -0.4 is 11.1 Å². The van der Waals surface area contributed by atoms with Gasteiger partial charge in [0.1, 0.15) is 5.69 Å². The minimum absolute atomic E-state index is 0.0644. The van der Waals surface area contributed by atoms with Crippen molar-refractivity contribution in [2.75, 3.05) is 26.2 Å². The number of nitrogens with one attached hydrogen (secondary N) is 2. The highest BCUT2D eigenvalue weighted by Crippen LogP contribution is 2.21. The van der Waals surface area contributed by atoms with Crippen molar-refractivity contribution in [1.29, 1.82) is 0 Å². The highest BCUT2D eigenvalue weighted by atomic mass is 16.2. The smallest absolute Gasteiger partial charge is 0.268 e. The van der Waals surface area contributed by atoms with E-state index in [1.54, 1.807) is 0 Å². The fourth-order valence-corrected chi connectivity index (χ4v) is 3.42. The number of aryl methyl sites for hydroxylation is 1. The molecule has 2 aromatic rings. The van der Waals surface area contributed by atoms with E-state index in [2.05, 4.69) is 15.2 Å². The normalized spacial score (nSPS) is 18.6. The number of aromatic amines is 1. The standard InChI is InChI=1S/C18H24N4O2/c1-12-14-6-2-3-7-15(14)21-16(12)18(24)20-8-10-22-9-4-5-13(11-22)17(19)23/h2-3,6-7,13,21H,4-5,8-11H2,1H3,(H2,19,23)(H,20,24)/t13-/m0/s1. The van der Waals surface area contributed by atoms with Gasteiger partial charge in [0.05, 0.1) is 5.92 Å². The summed E-state index contributed by atoms with van der Waals surface area (Å²) in [6.07, 6.45) is 1.84. The quantitative estimate of drug-likeness (QED) is 0.775. The number of rotatable bonds is 5. The maximum Gasteiger partial charge on any atom is 0.268 e. The first-order valence-electron chi connectivity index (χ1n) is 8.43. The lowest BCUT2D eigenvalue weighted by molar-refractivity contribution is -0.123. The molecule has 1 aliphatic rings. The largest absolute Gasteiger partial charge is 0.369 e. The fourth-order valence-electron chi connectivity index (χ4n) is 3.42. The lowest BCUT2D eigenvalue weighted by Gasteiger charge is -2.31. The molecule has 6 heteroatoms. The Morgan fingerprint density at radius 3 is 2.92 bits per heavy atom. The van der Waals surface area contributed by atoms with Gasteiger partial charge in [0.15, 0.2) is 0 Å². The number of carbonyl (C=O) groups is 2. The number of likely N-dealkylation sites (tertiary alicyclic amines) is 1. The summed E-state index contributed by atoms with van der Waals surface area (Å²) in [6, 6.07) is 7.90. The summed E-state index contributed by atoms with van der Waals surface area (Å²) in [7, 11) is 0. The van der Waals surface area contributed by atoms with Gasteiger partial charge in [0.25, 0.3) is 5.91 Å². The number of primary amides is 1. The molecule has 128 valence electrons. The Morgan fingerprint density at radius 1 is 1.38 bits per heavy atom. The molecule has 0 saturated carbocycles. The van der Waals surface area contributed by atoms with Gasteiger partial charge in [-0.25, -0.2) is 0 Å². The number of aromatic nitrogens is 1. The second-order valence-electron chi connectivity index (χ2n) is 6.47. The van der Waals surface area contributed by atoms with Gasteiger partial charge in [-0.15, -0.1) is 0 Å². The van der Waals surface area contributed by atoms with Crippen LogP contribution in [0.2, 0.25) is 0 Å². The molecule has 0 radical (unpaired) electrons. The molecule has 1 fully saturated rings. The van der Waals surface area contributed by atoms with Crippen molar-refractivity contribution in [2.45, 2.75) is 19.8 Å². The summed E-state index contributed by atoms with van der Waals surface area (Å²) in [5.74, 6) is -0.380. The Hall–Kier alpha value is -2.34. The van der Waals surface area contributed by atoms with E-state index in [1.807, 2.05) is 31.2 Å². The molecular weight excluding hydrogens is 304 g/mol. The maximum absolute atomic E-state index is 12.4. The highest BCUT2D eigenvalue weighted by Gasteiger charge is 2.23. The molecule has 3 rings (SSSR count). The number of nitrogens with two attached hydrogens (primary N) is 1. The molecule has 6 nitrogen and oxygen atoms in total. The summed E-state index contributed by atoms with van der Waals surface area (Å²) in [4.78, 5) is 29.1. The molecule has 0 unspecified atom stereocenters.